The summed E-state index contributed by atoms with van der Waals surface area (Å²) in [6, 6.07) is 22.2. The van der Waals surface area contributed by atoms with E-state index in [1.807, 2.05) is 55.5 Å². The monoisotopic (exact) mass is 365 g/mol. The number of nitrogens with one attached hydrogen (secondary N) is 1. The maximum absolute atomic E-state index is 12.7. The Labute approximate surface area is 166 Å². The first-order valence-corrected chi connectivity index (χ1v) is 9.68. The molecule has 2 heteroatoms. The Hall–Kier alpha value is -3.39. The van der Waals surface area contributed by atoms with E-state index in [9.17, 15) is 4.79 Å². The van der Waals surface area contributed by atoms with E-state index in [2.05, 4.69) is 47.8 Å². The van der Waals surface area contributed by atoms with Gasteiger partial charge in [0.15, 0.2) is 0 Å². The topological polar surface area (TPSA) is 29.1 Å². The van der Waals surface area contributed by atoms with E-state index < -0.39 is 0 Å². The minimum Gasteiger partial charge on any atom is -0.322 e. The summed E-state index contributed by atoms with van der Waals surface area (Å²) in [6.45, 7) is 1.95. The van der Waals surface area contributed by atoms with Crippen LogP contribution in [0.15, 0.2) is 78.9 Å². The van der Waals surface area contributed by atoms with Gasteiger partial charge in [0.1, 0.15) is 0 Å². The van der Waals surface area contributed by atoms with Crippen LogP contribution in [0.4, 0.5) is 5.69 Å². The fourth-order valence-corrected chi connectivity index (χ4v) is 3.68. The van der Waals surface area contributed by atoms with Crippen LogP contribution in [0.1, 0.15) is 40.4 Å². The molecule has 0 saturated heterocycles. The summed E-state index contributed by atoms with van der Waals surface area (Å²) in [7, 11) is 0. The van der Waals surface area contributed by atoms with Crippen molar-refractivity contribution >= 4 is 23.7 Å². The van der Waals surface area contributed by atoms with Gasteiger partial charge < -0.3 is 5.32 Å². The van der Waals surface area contributed by atoms with Gasteiger partial charge in [-0.1, -0.05) is 72.8 Å². The van der Waals surface area contributed by atoms with Crippen LogP contribution in [0.3, 0.4) is 0 Å². The zero-order chi connectivity index (χ0) is 19.3. The average molecular weight is 365 g/mol. The lowest BCUT2D eigenvalue weighted by atomic mass is 9.90. The number of rotatable bonds is 4. The number of hydrogen-bond acceptors (Lipinski definition) is 1. The highest BCUT2D eigenvalue weighted by Crippen LogP contribution is 2.31. The van der Waals surface area contributed by atoms with E-state index in [1.54, 1.807) is 0 Å². The first-order chi connectivity index (χ1) is 13.8. The van der Waals surface area contributed by atoms with E-state index in [-0.39, 0.29) is 5.91 Å². The smallest absolute Gasteiger partial charge is 0.256 e. The van der Waals surface area contributed by atoms with Gasteiger partial charge in [0, 0.05) is 11.3 Å². The van der Waals surface area contributed by atoms with Crippen LogP contribution >= 0.6 is 0 Å². The van der Waals surface area contributed by atoms with Crippen molar-refractivity contribution in [3.05, 3.63) is 101 Å². The molecule has 3 aromatic carbocycles. The molecule has 0 radical (unpaired) electrons. The first-order valence-electron chi connectivity index (χ1n) is 9.68. The van der Waals surface area contributed by atoms with Crippen molar-refractivity contribution in [1.29, 1.82) is 0 Å². The summed E-state index contributed by atoms with van der Waals surface area (Å²) in [5.74, 6) is -0.0959. The molecule has 0 aromatic heterocycles. The number of anilines is 1. The zero-order valence-electron chi connectivity index (χ0n) is 16.0. The van der Waals surface area contributed by atoms with E-state index in [4.69, 9.17) is 0 Å². The number of allylic oxidation sites excluding steroid dienone is 2. The van der Waals surface area contributed by atoms with Crippen LogP contribution in [0.25, 0.3) is 23.3 Å². The van der Waals surface area contributed by atoms with E-state index in [1.165, 1.54) is 16.7 Å². The number of carbonyl (C=O) groups excluding carboxylic acids is 1. The van der Waals surface area contributed by atoms with Crippen molar-refractivity contribution < 1.29 is 4.79 Å². The summed E-state index contributed by atoms with van der Waals surface area (Å²) < 4.78 is 0. The normalized spacial score (nSPS) is 12.8. The summed E-state index contributed by atoms with van der Waals surface area (Å²) in [6.07, 6.45) is 10.6. The molecule has 138 valence electrons. The highest BCUT2D eigenvalue weighted by atomic mass is 16.1. The lowest BCUT2D eigenvalue weighted by Crippen LogP contribution is -2.13. The molecule has 1 N–H and O–H groups in total. The van der Waals surface area contributed by atoms with Gasteiger partial charge in [-0.15, -0.1) is 0 Å². The number of carbonyl (C=O) groups is 1. The number of benzene rings is 3. The van der Waals surface area contributed by atoms with Crippen LogP contribution in [0.2, 0.25) is 0 Å². The number of fused-ring (bicyclic) bond motifs is 1. The Balaban J connectivity index is 1.57. The van der Waals surface area contributed by atoms with Crippen LogP contribution in [0, 0.1) is 0 Å². The van der Waals surface area contributed by atoms with E-state index in [0.717, 1.165) is 29.7 Å². The predicted molar refractivity (Wildman–Crippen MR) is 118 cm³/mol. The minimum atomic E-state index is -0.0959. The molecule has 0 atom stereocenters. The fraction of sp³-hybridized carbons (Fsp3) is 0.115. The van der Waals surface area contributed by atoms with Gasteiger partial charge in [-0.3, -0.25) is 4.79 Å². The molecule has 28 heavy (non-hydrogen) atoms. The molecule has 0 unspecified atom stereocenters. The predicted octanol–water partition coefficient (Wildman–Crippen LogP) is 6.60. The highest BCUT2D eigenvalue weighted by molar-refractivity contribution is 6.06. The molecule has 0 bridgehead atoms. The third-order valence-electron chi connectivity index (χ3n) is 5.07. The molecular weight excluding hydrogens is 342 g/mol. The van der Waals surface area contributed by atoms with Crippen LogP contribution in [-0.2, 0) is 6.42 Å². The fourth-order valence-electron chi connectivity index (χ4n) is 3.68. The Morgan fingerprint density at radius 3 is 2.61 bits per heavy atom. The molecule has 0 saturated carbocycles. The second kappa shape index (κ2) is 8.10. The standard InChI is InChI=1S/C26H23NO/c1-2-8-19-9-4-6-13-25(19)26(28)27-22-17-15-21(16-18-22)24-14-7-11-20-10-3-5-12-23(20)24/h2,4-9,11-18H,3,10H2,1H3,(H,27,28). The van der Waals surface area contributed by atoms with Gasteiger partial charge in [0.05, 0.1) is 0 Å². The molecule has 3 aromatic rings. The van der Waals surface area contributed by atoms with Crippen molar-refractivity contribution in [2.24, 2.45) is 0 Å². The highest BCUT2D eigenvalue weighted by Gasteiger charge is 2.12. The van der Waals surface area contributed by atoms with Crippen molar-refractivity contribution in [3.63, 3.8) is 0 Å². The third kappa shape index (κ3) is 3.67. The maximum atomic E-state index is 12.7. The molecule has 4 rings (SSSR count). The molecule has 0 spiro atoms. The Morgan fingerprint density at radius 2 is 1.79 bits per heavy atom. The Bertz CT molecular complexity index is 1060. The van der Waals surface area contributed by atoms with Gasteiger partial charge in [-0.05, 0) is 65.8 Å². The molecule has 0 heterocycles. The van der Waals surface area contributed by atoms with Crippen LogP contribution in [0.5, 0.6) is 0 Å². The van der Waals surface area contributed by atoms with Crippen LogP contribution in [-0.4, -0.2) is 5.91 Å². The minimum absolute atomic E-state index is 0.0959. The van der Waals surface area contributed by atoms with Crippen molar-refractivity contribution in [3.8, 4) is 11.1 Å². The van der Waals surface area contributed by atoms with Crippen molar-refractivity contribution in [1.82, 2.24) is 0 Å². The summed E-state index contributed by atoms with van der Waals surface area (Å²) in [5.41, 5.74) is 7.50. The van der Waals surface area contributed by atoms with Crippen molar-refractivity contribution in [2.75, 3.05) is 5.32 Å². The summed E-state index contributed by atoms with van der Waals surface area (Å²) >= 11 is 0. The van der Waals surface area contributed by atoms with Gasteiger partial charge in [-0.2, -0.15) is 0 Å². The van der Waals surface area contributed by atoms with Gasteiger partial charge in [-0.25, -0.2) is 0 Å². The largest absolute Gasteiger partial charge is 0.322 e. The van der Waals surface area contributed by atoms with Gasteiger partial charge in [0.2, 0.25) is 0 Å². The number of hydrogen-bond donors (Lipinski definition) is 1. The van der Waals surface area contributed by atoms with E-state index in [0.29, 0.717) is 5.56 Å². The third-order valence-corrected chi connectivity index (χ3v) is 5.07. The lowest BCUT2D eigenvalue weighted by molar-refractivity contribution is 0.102. The first kappa shape index (κ1) is 18.0. The quantitative estimate of drug-likeness (QED) is 0.554. The second-order valence-corrected chi connectivity index (χ2v) is 6.94. The number of amides is 1. The second-order valence-electron chi connectivity index (χ2n) is 6.94. The van der Waals surface area contributed by atoms with E-state index >= 15 is 0 Å². The van der Waals surface area contributed by atoms with Gasteiger partial charge >= 0.3 is 0 Å². The zero-order valence-corrected chi connectivity index (χ0v) is 16.0. The Morgan fingerprint density at radius 1 is 0.964 bits per heavy atom. The maximum Gasteiger partial charge on any atom is 0.256 e. The van der Waals surface area contributed by atoms with Crippen LogP contribution < -0.4 is 5.32 Å². The lowest BCUT2D eigenvalue weighted by Gasteiger charge is -2.15. The molecular formula is C26H23NO. The van der Waals surface area contributed by atoms with Gasteiger partial charge in [0.25, 0.3) is 5.91 Å². The number of aryl methyl sites for hydroxylation is 1. The SMILES string of the molecule is CC=Cc1ccccc1C(=O)Nc1ccc(-c2cccc3c2C=CCC3)cc1. The molecule has 0 aliphatic heterocycles. The molecule has 1 aliphatic rings. The molecule has 0 fully saturated rings. The van der Waals surface area contributed by atoms with Crippen molar-refractivity contribution in [2.45, 2.75) is 19.8 Å². The molecule has 1 aliphatic carbocycles. The Kier molecular flexibility index (Phi) is 5.20. The average Bonchev–Trinajstić information content (AvgIpc) is 2.74. The summed E-state index contributed by atoms with van der Waals surface area (Å²) in [4.78, 5) is 12.7. The molecule has 2 nitrogen and oxygen atoms in total. The molecule has 1 amide bonds. The summed E-state index contributed by atoms with van der Waals surface area (Å²) in [5, 5.41) is 3.01.